The van der Waals surface area contributed by atoms with Crippen LogP contribution in [-0.2, 0) is 14.2 Å². The first-order chi connectivity index (χ1) is 13.5. The molecule has 0 aliphatic rings. The highest BCUT2D eigenvalue weighted by atomic mass is 16.6. The summed E-state index contributed by atoms with van der Waals surface area (Å²) in [6.45, 7) is 15.5. The second-order valence-corrected chi connectivity index (χ2v) is 9.61. The molecule has 9 nitrogen and oxygen atoms in total. The molecule has 0 unspecified atom stereocenters. The van der Waals surface area contributed by atoms with Gasteiger partial charge in [0.05, 0.1) is 17.1 Å². The number of amides is 3. The molecule has 0 aliphatic carbocycles. The molecule has 0 bridgehead atoms. The molecular weight excluding hydrogens is 390 g/mol. The molecule has 9 heteroatoms. The van der Waals surface area contributed by atoms with E-state index < -0.39 is 35.1 Å². The third kappa shape index (κ3) is 9.99. The molecule has 3 N–H and O–H groups in total. The Morgan fingerprint density at radius 2 is 0.900 bits per heavy atom. The number of hydrogen-bond acceptors (Lipinski definition) is 6. The first-order valence-electron chi connectivity index (χ1n) is 9.58. The molecule has 1 aromatic rings. The van der Waals surface area contributed by atoms with E-state index in [-0.39, 0.29) is 17.1 Å². The summed E-state index contributed by atoms with van der Waals surface area (Å²) in [6, 6.07) is 4.70. The molecule has 3 amide bonds. The number of anilines is 3. The summed E-state index contributed by atoms with van der Waals surface area (Å²) in [5, 5.41) is 7.72. The van der Waals surface area contributed by atoms with E-state index in [0.29, 0.717) is 0 Å². The topological polar surface area (TPSA) is 115 Å². The van der Waals surface area contributed by atoms with Gasteiger partial charge < -0.3 is 14.2 Å². The SMILES string of the molecule is CC(C)(C)OC(=O)Nc1cccc(NC(=O)OC(C)(C)C)c1NC(=O)OC(C)(C)C. The molecule has 1 rings (SSSR count). The van der Waals surface area contributed by atoms with Crippen LogP contribution in [0.1, 0.15) is 62.3 Å². The Balaban J connectivity index is 3.21. The van der Waals surface area contributed by atoms with Gasteiger partial charge in [0.1, 0.15) is 16.8 Å². The number of para-hydroxylation sites is 1. The molecule has 0 aromatic heterocycles. The van der Waals surface area contributed by atoms with E-state index in [1.165, 1.54) is 0 Å². The van der Waals surface area contributed by atoms with Gasteiger partial charge in [-0.25, -0.2) is 14.4 Å². The predicted molar refractivity (Wildman–Crippen MR) is 116 cm³/mol. The van der Waals surface area contributed by atoms with Crippen LogP contribution in [0.4, 0.5) is 31.4 Å². The zero-order valence-corrected chi connectivity index (χ0v) is 19.2. The normalized spacial score (nSPS) is 11.9. The van der Waals surface area contributed by atoms with E-state index in [9.17, 15) is 14.4 Å². The average molecular weight is 424 g/mol. The molecule has 0 aliphatic heterocycles. The molecule has 30 heavy (non-hydrogen) atoms. The minimum Gasteiger partial charge on any atom is -0.444 e. The summed E-state index contributed by atoms with van der Waals surface area (Å²) in [7, 11) is 0. The van der Waals surface area contributed by atoms with Crippen molar-refractivity contribution >= 4 is 35.3 Å². The average Bonchev–Trinajstić information content (AvgIpc) is 2.44. The molecule has 168 valence electrons. The van der Waals surface area contributed by atoms with Crippen LogP contribution in [0.15, 0.2) is 18.2 Å². The van der Waals surface area contributed by atoms with Gasteiger partial charge in [0.25, 0.3) is 0 Å². The number of ether oxygens (including phenoxy) is 3. The van der Waals surface area contributed by atoms with E-state index in [1.54, 1.807) is 80.5 Å². The van der Waals surface area contributed by atoms with Gasteiger partial charge in [-0.15, -0.1) is 0 Å². The summed E-state index contributed by atoms with van der Waals surface area (Å²) in [5.41, 5.74) is -1.61. The molecule has 0 radical (unpaired) electrons. The van der Waals surface area contributed by atoms with Gasteiger partial charge in [0.2, 0.25) is 0 Å². The molecule has 0 spiro atoms. The van der Waals surface area contributed by atoms with E-state index in [1.807, 2.05) is 0 Å². The number of rotatable bonds is 3. The lowest BCUT2D eigenvalue weighted by molar-refractivity contribution is 0.0619. The second-order valence-electron chi connectivity index (χ2n) is 9.61. The van der Waals surface area contributed by atoms with E-state index >= 15 is 0 Å². The van der Waals surface area contributed by atoms with Crippen LogP contribution in [-0.4, -0.2) is 35.1 Å². The van der Waals surface area contributed by atoms with Crippen molar-refractivity contribution < 1.29 is 28.6 Å². The Kier molecular flexibility index (Phi) is 7.71. The van der Waals surface area contributed by atoms with Crippen molar-refractivity contribution in [3.05, 3.63) is 18.2 Å². The third-order valence-corrected chi connectivity index (χ3v) is 2.96. The Morgan fingerprint density at radius 3 is 1.20 bits per heavy atom. The maximum Gasteiger partial charge on any atom is 0.412 e. The minimum absolute atomic E-state index is 0.128. The van der Waals surface area contributed by atoms with Crippen LogP contribution in [0.3, 0.4) is 0 Å². The molecule has 0 saturated carbocycles. The van der Waals surface area contributed by atoms with Gasteiger partial charge in [-0.3, -0.25) is 16.0 Å². The summed E-state index contributed by atoms with van der Waals surface area (Å²) in [5.74, 6) is 0. The zero-order valence-electron chi connectivity index (χ0n) is 19.2. The summed E-state index contributed by atoms with van der Waals surface area (Å²) < 4.78 is 15.8. The fraction of sp³-hybridized carbons (Fsp3) is 0.571. The van der Waals surface area contributed by atoms with Crippen molar-refractivity contribution in [3.8, 4) is 0 Å². The lowest BCUT2D eigenvalue weighted by atomic mass is 10.2. The lowest BCUT2D eigenvalue weighted by Gasteiger charge is -2.24. The third-order valence-electron chi connectivity index (χ3n) is 2.96. The zero-order chi connectivity index (χ0) is 23.3. The highest BCUT2D eigenvalue weighted by molar-refractivity contribution is 6.03. The minimum atomic E-state index is -0.756. The van der Waals surface area contributed by atoms with Crippen LogP contribution in [0.5, 0.6) is 0 Å². The van der Waals surface area contributed by atoms with Crippen LogP contribution in [0.2, 0.25) is 0 Å². The van der Waals surface area contributed by atoms with Crippen LogP contribution in [0.25, 0.3) is 0 Å². The smallest absolute Gasteiger partial charge is 0.412 e. The molecule has 0 heterocycles. The first-order valence-corrected chi connectivity index (χ1v) is 9.58. The second kappa shape index (κ2) is 9.23. The van der Waals surface area contributed by atoms with Gasteiger partial charge in [-0.1, -0.05) is 6.07 Å². The van der Waals surface area contributed by atoms with E-state index in [2.05, 4.69) is 16.0 Å². The van der Waals surface area contributed by atoms with Crippen LogP contribution >= 0.6 is 0 Å². The number of benzene rings is 1. The number of carbonyl (C=O) groups is 3. The number of carbonyl (C=O) groups excluding carboxylic acids is 3. The predicted octanol–water partition coefficient (Wildman–Crippen LogP) is 5.73. The van der Waals surface area contributed by atoms with Gasteiger partial charge in [-0.05, 0) is 74.4 Å². The number of hydrogen-bond donors (Lipinski definition) is 3. The number of nitrogens with one attached hydrogen (secondary N) is 3. The van der Waals surface area contributed by atoms with Crippen LogP contribution in [0, 0.1) is 0 Å². The lowest BCUT2D eigenvalue weighted by Crippen LogP contribution is -2.30. The standard InChI is InChI=1S/C21H33N3O6/c1-19(2,3)28-16(25)22-13-11-10-12-14(23-17(26)29-20(4,5)6)15(13)24-18(27)30-21(7,8)9/h10-12H,1-9H3,(H,22,25)(H,23,26)(H,24,27). The van der Waals surface area contributed by atoms with E-state index in [4.69, 9.17) is 14.2 Å². The van der Waals surface area contributed by atoms with Crippen LogP contribution < -0.4 is 16.0 Å². The molecule has 0 fully saturated rings. The van der Waals surface area contributed by atoms with Crippen molar-refractivity contribution in [3.63, 3.8) is 0 Å². The fourth-order valence-electron chi connectivity index (χ4n) is 2.13. The highest BCUT2D eigenvalue weighted by Crippen LogP contribution is 2.32. The Hall–Kier alpha value is -2.97. The molecular formula is C21H33N3O6. The quantitative estimate of drug-likeness (QED) is 0.535. The highest BCUT2D eigenvalue weighted by Gasteiger charge is 2.23. The largest absolute Gasteiger partial charge is 0.444 e. The Bertz CT molecular complexity index is 737. The van der Waals surface area contributed by atoms with Gasteiger partial charge in [-0.2, -0.15) is 0 Å². The first kappa shape index (κ1) is 25.1. The van der Waals surface area contributed by atoms with E-state index in [0.717, 1.165) is 0 Å². The van der Waals surface area contributed by atoms with Gasteiger partial charge in [0.15, 0.2) is 0 Å². The summed E-state index contributed by atoms with van der Waals surface area (Å²) in [4.78, 5) is 36.8. The summed E-state index contributed by atoms with van der Waals surface area (Å²) >= 11 is 0. The fourth-order valence-corrected chi connectivity index (χ4v) is 2.13. The van der Waals surface area contributed by atoms with Crippen molar-refractivity contribution in [2.45, 2.75) is 79.1 Å². The Labute approximate surface area is 177 Å². The van der Waals surface area contributed by atoms with Crippen molar-refractivity contribution in [1.82, 2.24) is 0 Å². The molecule has 0 saturated heterocycles. The van der Waals surface area contributed by atoms with Gasteiger partial charge in [0, 0.05) is 0 Å². The molecule has 0 atom stereocenters. The summed E-state index contributed by atoms with van der Waals surface area (Å²) in [6.07, 6.45) is -2.19. The van der Waals surface area contributed by atoms with Crippen molar-refractivity contribution in [1.29, 1.82) is 0 Å². The van der Waals surface area contributed by atoms with Crippen molar-refractivity contribution in [2.75, 3.05) is 16.0 Å². The monoisotopic (exact) mass is 423 g/mol. The Morgan fingerprint density at radius 1 is 0.600 bits per heavy atom. The maximum absolute atomic E-state index is 12.3. The molecule has 1 aromatic carbocycles. The maximum atomic E-state index is 12.3. The van der Waals surface area contributed by atoms with Crippen molar-refractivity contribution in [2.24, 2.45) is 0 Å². The van der Waals surface area contributed by atoms with Gasteiger partial charge >= 0.3 is 18.3 Å².